The molecule has 1 atom stereocenters. The van der Waals surface area contributed by atoms with Crippen molar-refractivity contribution in [3.8, 4) is 0 Å². The maximum atomic E-state index is 12.5. The quantitative estimate of drug-likeness (QED) is 0.857. The summed E-state index contributed by atoms with van der Waals surface area (Å²) in [5, 5.41) is 5.43. The highest BCUT2D eigenvalue weighted by molar-refractivity contribution is 7.10. The summed E-state index contributed by atoms with van der Waals surface area (Å²) in [5.41, 5.74) is 1.31. The number of nitrogens with zero attached hydrogens (tertiary/aromatic N) is 1. The predicted octanol–water partition coefficient (Wildman–Crippen LogP) is 2.02. The van der Waals surface area contributed by atoms with Crippen LogP contribution in [0.2, 0.25) is 0 Å². The fraction of sp³-hybridized carbons (Fsp3) is 0.615. The summed E-state index contributed by atoms with van der Waals surface area (Å²) >= 11 is 1.81. The molecular weight excluding hydrogens is 268 g/mol. The summed E-state index contributed by atoms with van der Waals surface area (Å²) in [6.07, 6.45) is 3.36. The van der Waals surface area contributed by atoms with Crippen molar-refractivity contribution in [2.75, 3.05) is 26.2 Å². The number of piperazine rings is 1. The molecule has 0 radical (unpaired) electrons. The summed E-state index contributed by atoms with van der Waals surface area (Å²) in [6.45, 7) is 3.62. The van der Waals surface area contributed by atoms with E-state index in [4.69, 9.17) is 0 Å². The molecule has 3 rings (SSSR count). The Kier molecular flexibility index (Phi) is 4.65. The summed E-state index contributed by atoms with van der Waals surface area (Å²) in [7, 11) is 0. The number of hydrogen-bond donors (Lipinski definition) is 1. The Morgan fingerprint density at radius 3 is 2.94 bits per heavy atom. The van der Waals surface area contributed by atoms with Crippen LogP contribution in [0.25, 0.3) is 0 Å². The van der Waals surface area contributed by atoms with Crippen molar-refractivity contribution in [3.63, 3.8) is 0 Å². The van der Waals surface area contributed by atoms with Gasteiger partial charge in [0, 0.05) is 31.1 Å². The Morgan fingerprint density at radius 2 is 2.17 bits per heavy atom. The van der Waals surface area contributed by atoms with E-state index in [9.17, 15) is 4.79 Å². The number of carbonyl (C=O) groups is 1. The zero-order chi connectivity index (χ0) is 11.7. The van der Waals surface area contributed by atoms with Crippen LogP contribution in [0.3, 0.4) is 0 Å². The number of fused-ring (bicyclic) bond motifs is 1. The molecule has 1 aliphatic heterocycles. The first-order valence-corrected chi connectivity index (χ1v) is 7.30. The zero-order valence-electron chi connectivity index (χ0n) is 10.4. The Bertz CT molecular complexity index is 415. The fourth-order valence-corrected chi connectivity index (χ4v) is 3.84. The Balaban J connectivity index is 0.00000120. The van der Waals surface area contributed by atoms with Crippen molar-refractivity contribution in [3.05, 3.63) is 21.9 Å². The first-order valence-electron chi connectivity index (χ1n) is 6.42. The van der Waals surface area contributed by atoms with Gasteiger partial charge in [-0.3, -0.25) is 4.79 Å². The maximum absolute atomic E-state index is 12.5. The molecule has 1 fully saturated rings. The molecule has 5 heteroatoms. The van der Waals surface area contributed by atoms with E-state index >= 15 is 0 Å². The number of halogens is 1. The van der Waals surface area contributed by atoms with E-state index in [0.717, 1.165) is 39.0 Å². The van der Waals surface area contributed by atoms with E-state index in [2.05, 4.69) is 16.8 Å². The molecular formula is C13H19ClN2OS. The lowest BCUT2D eigenvalue weighted by Crippen LogP contribution is -2.48. The minimum Gasteiger partial charge on any atom is -0.340 e. The van der Waals surface area contributed by atoms with Gasteiger partial charge in [-0.1, -0.05) is 0 Å². The van der Waals surface area contributed by atoms with Crippen LogP contribution in [-0.4, -0.2) is 37.0 Å². The van der Waals surface area contributed by atoms with Gasteiger partial charge in [-0.15, -0.1) is 23.7 Å². The van der Waals surface area contributed by atoms with Gasteiger partial charge in [0.2, 0.25) is 5.91 Å². The third-order valence-corrected chi connectivity index (χ3v) is 4.78. The SMILES string of the molecule is Cl.O=C(C1CCCc2sccc21)N1CCNCC1. The zero-order valence-corrected chi connectivity index (χ0v) is 12.0. The maximum Gasteiger partial charge on any atom is 0.230 e. The van der Waals surface area contributed by atoms with Gasteiger partial charge in [-0.25, -0.2) is 0 Å². The Morgan fingerprint density at radius 1 is 1.39 bits per heavy atom. The molecule has 0 bridgehead atoms. The van der Waals surface area contributed by atoms with Crippen LogP contribution < -0.4 is 5.32 Å². The van der Waals surface area contributed by atoms with Gasteiger partial charge in [0.25, 0.3) is 0 Å². The number of aryl methyl sites for hydroxylation is 1. The van der Waals surface area contributed by atoms with Gasteiger partial charge >= 0.3 is 0 Å². The third-order valence-electron chi connectivity index (χ3n) is 3.78. The summed E-state index contributed by atoms with van der Waals surface area (Å²) < 4.78 is 0. The van der Waals surface area contributed by atoms with E-state index in [1.807, 2.05) is 16.2 Å². The van der Waals surface area contributed by atoms with Gasteiger partial charge in [0.1, 0.15) is 0 Å². The van der Waals surface area contributed by atoms with Gasteiger partial charge < -0.3 is 10.2 Å². The van der Waals surface area contributed by atoms with Gasteiger partial charge in [-0.2, -0.15) is 0 Å². The van der Waals surface area contributed by atoms with Crippen molar-refractivity contribution in [1.82, 2.24) is 10.2 Å². The number of nitrogens with one attached hydrogen (secondary N) is 1. The van der Waals surface area contributed by atoms with Crippen molar-refractivity contribution >= 4 is 29.7 Å². The Hall–Kier alpha value is -0.580. The second kappa shape index (κ2) is 6.04. The summed E-state index contributed by atoms with van der Waals surface area (Å²) in [6, 6.07) is 2.16. The average molecular weight is 287 g/mol. The lowest BCUT2D eigenvalue weighted by molar-refractivity contribution is -0.133. The molecule has 3 nitrogen and oxygen atoms in total. The lowest BCUT2D eigenvalue weighted by atomic mass is 9.86. The largest absolute Gasteiger partial charge is 0.340 e. The molecule has 100 valence electrons. The monoisotopic (exact) mass is 286 g/mol. The van der Waals surface area contributed by atoms with Crippen LogP contribution in [0.5, 0.6) is 0 Å². The highest BCUT2D eigenvalue weighted by atomic mass is 35.5. The molecule has 2 heterocycles. The van der Waals surface area contributed by atoms with Crippen molar-refractivity contribution < 1.29 is 4.79 Å². The van der Waals surface area contributed by atoms with Crippen LogP contribution >= 0.6 is 23.7 Å². The summed E-state index contributed by atoms with van der Waals surface area (Å²) in [5.74, 6) is 0.494. The van der Waals surface area contributed by atoms with Crippen LogP contribution in [0.15, 0.2) is 11.4 Å². The van der Waals surface area contributed by atoms with Gasteiger partial charge in [-0.05, 0) is 36.3 Å². The molecule has 1 aromatic rings. The number of hydrogen-bond acceptors (Lipinski definition) is 3. The number of carbonyl (C=O) groups excluding carboxylic acids is 1. The highest BCUT2D eigenvalue weighted by Gasteiger charge is 2.30. The molecule has 0 spiro atoms. The molecule has 1 aromatic heterocycles. The smallest absolute Gasteiger partial charge is 0.230 e. The van der Waals surface area contributed by atoms with Crippen LogP contribution in [0, 0.1) is 0 Å². The van der Waals surface area contributed by atoms with Crippen LogP contribution in [0.4, 0.5) is 0 Å². The fourth-order valence-electron chi connectivity index (χ4n) is 2.85. The molecule has 1 aliphatic carbocycles. The molecule has 1 saturated heterocycles. The van der Waals surface area contributed by atoms with E-state index in [0.29, 0.717) is 5.91 Å². The normalized spacial score (nSPS) is 23.1. The van der Waals surface area contributed by atoms with E-state index in [1.54, 1.807) is 0 Å². The van der Waals surface area contributed by atoms with E-state index in [-0.39, 0.29) is 18.3 Å². The lowest BCUT2D eigenvalue weighted by Gasteiger charge is -2.32. The molecule has 1 unspecified atom stereocenters. The predicted molar refractivity (Wildman–Crippen MR) is 76.7 cm³/mol. The molecule has 2 aliphatic rings. The second-order valence-electron chi connectivity index (χ2n) is 4.82. The van der Waals surface area contributed by atoms with Gasteiger partial charge in [0.15, 0.2) is 0 Å². The van der Waals surface area contributed by atoms with Gasteiger partial charge in [0.05, 0.1) is 5.92 Å². The van der Waals surface area contributed by atoms with Crippen molar-refractivity contribution in [2.24, 2.45) is 0 Å². The first kappa shape index (κ1) is 13.8. The number of thiophene rings is 1. The second-order valence-corrected chi connectivity index (χ2v) is 5.82. The first-order chi connectivity index (χ1) is 8.36. The van der Waals surface area contributed by atoms with E-state index in [1.165, 1.54) is 16.9 Å². The Labute approximate surface area is 118 Å². The van der Waals surface area contributed by atoms with Crippen LogP contribution in [-0.2, 0) is 11.2 Å². The third kappa shape index (κ3) is 2.56. The summed E-state index contributed by atoms with van der Waals surface area (Å²) in [4.78, 5) is 16.0. The molecule has 0 saturated carbocycles. The molecule has 1 amide bonds. The molecule has 1 N–H and O–H groups in total. The van der Waals surface area contributed by atoms with Crippen molar-refractivity contribution in [2.45, 2.75) is 25.2 Å². The topological polar surface area (TPSA) is 32.3 Å². The minimum atomic E-state index is 0. The number of rotatable bonds is 1. The highest BCUT2D eigenvalue weighted by Crippen LogP contribution is 2.36. The number of amides is 1. The molecule has 18 heavy (non-hydrogen) atoms. The standard InChI is InChI=1S/C13H18N2OS.ClH/c16-13(15-7-5-14-6-8-15)11-2-1-3-12-10(11)4-9-17-12;/h4,9,11,14H,1-3,5-8H2;1H. The minimum absolute atomic E-state index is 0. The molecule has 0 aromatic carbocycles. The van der Waals surface area contributed by atoms with Crippen LogP contribution in [0.1, 0.15) is 29.2 Å². The van der Waals surface area contributed by atoms with E-state index < -0.39 is 0 Å². The average Bonchev–Trinajstić information content (AvgIpc) is 2.87. The van der Waals surface area contributed by atoms with Crippen molar-refractivity contribution in [1.29, 1.82) is 0 Å².